The van der Waals surface area contributed by atoms with Gasteiger partial charge in [0.1, 0.15) is 5.82 Å². The van der Waals surface area contributed by atoms with Crippen molar-refractivity contribution in [3.8, 4) is 0 Å². The Bertz CT molecular complexity index is 405. The second kappa shape index (κ2) is 6.27. The monoisotopic (exact) mass is 287 g/mol. The molecule has 100 valence electrons. The van der Waals surface area contributed by atoms with Crippen LogP contribution in [0.1, 0.15) is 31.2 Å². The third-order valence-electron chi connectivity index (χ3n) is 3.73. The van der Waals surface area contributed by atoms with E-state index in [4.69, 9.17) is 11.6 Å². The lowest BCUT2D eigenvalue weighted by atomic mass is 10.1. The number of nitrogens with one attached hydrogen (secondary N) is 1. The summed E-state index contributed by atoms with van der Waals surface area (Å²) < 4.78 is 14.0. The minimum Gasteiger partial charge on any atom is -0.311 e. The zero-order valence-electron chi connectivity index (χ0n) is 10.6. The first-order valence-electron chi connectivity index (χ1n) is 6.35. The molecule has 1 nitrogen and oxygen atoms in total. The van der Waals surface area contributed by atoms with Crippen LogP contribution in [0.5, 0.6) is 0 Å². The highest BCUT2D eigenvalue weighted by Gasteiger charge is 2.32. The van der Waals surface area contributed by atoms with E-state index in [1.807, 2.05) is 11.8 Å². The van der Waals surface area contributed by atoms with Gasteiger partial charge in [0.25, 0.3) is 0 Å². The molecule has 4 heteroatoms. The maximum absolute atomic E-state index is 13.6. The molecular formula is C14H19ClFNS. The van der Waals surface area contributed by atoms with Crippen LogP contribution in [-0.2, 0) is 6.54 Å². The van der Waals surface area contributed by atoms with Gasteiger partial charge in [0, 0.05) is 28.4 Å². The van der Waals surface area contributed by atoms with Gasteiger partial charge in [0.15, 0.2) is 0 Å². The third kappa shape index (κ3) is 3.40. The molecule has 0 bridgehead atoms. The second-order valence-electron chi connectivity index (χ2n) is 4.93. The molecule has 18 heavy (non-hydrogen) atoms. The van der Waals surface area contributed by atoms with Crippen molar-refractivity contribution in [1.29, 1.82) is 0 Å². The van der Waals surface area contributed by atoms with Crippen molar-refractivity contribution >= 4 is 23.4 Å². The van der Waals surface area contributed by atoms with Gasteiger partial charge >= 0.3 is 0 Å². The number of hydrogen-bond donors (Lipinski definition) is 1. The van der Waals surface area contributed by atoms with Crippen LogP contribution in [0.15, 0.2) is 18.2 Å². The van der Waals surface area contributed by atoms with Crippen molar-refractivity contribution in [2.24, 2.45) is 0 Å². The van der Waals surface area contributed by atoms with Gasteiger partial charge in [-0.05, 0) is 31.2 Å². The standard InChI is InChI=1S/C14H19ClFNS/c1-18-14(6-2-3-7-14)10-17-9-11-4-5-12(15)8-13(11)16/h4-5,8,17H,2-3,6-7,9-10H2,1H3. The van der Waals surface area contributed by atoms with Crippen LogP contribution in [0.3, 0.4) is 0 Å². The summed E-state index contributed by atoms with van der Waals surface area (Å²) >= 11 is 7.68. The lowest BCUT2D eigenvalue weighted by Crippen LogP contribution is -2.34. The van der Waals surface area contributed by atoms with Gasteiger partial charge in [0.2, 0.25) is 0 Å². The Kier molecular flexibility index (Phi) is 4.93. The van der Waals surface area contributed by atoms with Crippen molar-refractivity contribution in [3.05, 3.63) is 34.6 Å². The topological polar surface area (TPSA) is 12.0 Å². The molecule has 0 aromatic heterocycles. The van der Waals surface area contributed by atoms with E-state index in [1.54, 1.807) is 12.1 Å². The molecule has 2 rings (SSSR count). The number of benzene rings is 1. The van der Waals surface area contributed by atoms with Crippen molar-refractivity contribution in [1.82, 2.24) is 5.32 Å². The molecule has 1 fully saturated rings. The maximum atomic E-state index is 13.6. The van der Waals surface area contributed by atoms with Gasteiger partial charge in [-0.1, -0.05) is 30.5 Å². The van der Waals surface area contributed by atoms with Gasteiger partial charge < -0.3 is 5.32 Å². The predicted molar refractivity (Wildman–Crippen MR) is 77.8 cm³/mol. The molecule has 0 aliphatic heterocycles. The van der Waals surface area contributed by atoms with Crippen LogP contribution in [0.25, 0.3) is 0 Å². The Morgan fingerprint density at radius 3 is 2.72 bits per heavy atom. The molecule has 0 saturated heterocycles. The van der Waals surface area contributed by atoms with E-state index < -0.39 is 0 Å². The molecule has 1 aromatic rings. The van der Waals surface area contributed by atoms with Gasteiger partial charge in [-0.2, -0.15) is 11.8 Å². The average molecular weight is 288 g/mol. The molecule has 0 heterocycles. The maximum Gasteiger partial charge on any atom is 0.129 e. The molecule has 0 amide bonds. The average Bonchev–Trinajstić information content (AvgIpc) is 2.81. The molecule has 1 saturated carbocycles. The predicted octanol–water partition coefficient (Wildman–Crippen LogP) is 4.24. The molecule has 0 radical (unpaired) electrons. The summed E-state index contributed by atoms with van der Waals surface area (Å²) in [6.07, 6.45) is 7.35. The SMILES string of the molecule is CSC1(CNCc2ccc(Cl)cc2F)CCCC1. The Hall–Kier alpha value is -0.250. The lowest BCUT2D eigenvalue weighted by Gasteiger charge is -2.27. The van der Waals surface area contributed by atoms with Gasteiger partial charge in [-0.25, -0.2) is 4.39 Å². The number of hydrogen-bond acceptors (Lipinski definition) is 2. The highest BCUT2D eigenvalue weighted by molar-refractivity contribution is 8.00. The van der Waals surface area contributed by atoms with E-state index in [9.17, 15) is 4.39 Å². The van der Waals surface area contributed by atoms with Crippen molar-refractivity contribution < 1.29 is 4.39 Å². The molecule has 1 aromatic carbocycles. The highest BCUT2D eigenvalue weighted by atomic mass is 35.5. The highest BCUT2D eigenvalue weighted by Crippen LogP contribution is 2.39. The van der Waals surface area contributed by atoms with Crippen LogP contribution in [0.2, 0.25) is 5.02 Å². The smallest absolute Gasteiger partial charge is 0.129 e. The normalized spacial score (nSPS) is 18.2. The number of thioether (sulfide) groups is 1. The van der Waals surface area contributed by atoms with Crippen LogP contribution in [-0.4, -0.2) is 17.5 Å². The van der Waals surface area contributed by atoms with Gasteiger partial charge in [-0.3, -0.25) is 0 Å². The van der Waals surface area contributed by atoms with Crippen molar-refractivity contribution in [3.63, 3.8) is 0 Å². The Balaban J connectivity index is 1.88. The minimum atomic E-state index is -0.223. The number of halogens is 2. The first-order chi connectivity index (χ1) is 8.65. The summed E-state index contributed by atoms with van der Waals surface area (Å²) in [5, 5.41) is 3.84. The fourth-order valence-corrected chi connectivity index (χ4v) is 3.66. The van der Waals surface area contributed by atoms with E-state index in [0.29, 0.717) is 21.9 Å². The summed E-state index contributed by atoms with van der Waals surface area (Å²) in [5.41, 5.74) is 0.689. The van der Waals surface area contributed by atoms with Gasteiger partial charge in [0.05, 0.1) is 0 Å². The van der Waals surface area contributed by atoms with Gasteiger partial charge in [-0.15, -0.1) is 0 Å². The molecule has 0 atom stereocenters. The summed E-state index contributed by atoms with van der Waals surface area (Å²) in [6.45, 7) is 1.53. The van der Waals surface area contributed by atoms with Crippen LogP contribution >= 0.6 is 23.4 Å². The van der Waals surface area contributed by atoms with E-state index >= 15 is 0 Å². The quantitative estimate of drug-likeness (QED) is 0.869. The van der Waals surface area contributed by atoms with Crippen LogP contribution < -0.4 is 5.32 Å². The van der Waals surface area contributed by atoms with E-state index in [-0.39, 0.29) is 5.82 Å². The minimum absolute atomic E-state index is 0.223. The van der Waals surface area contributed by atoms with Crippen LogP contribution in [0.4, 0.5) is 4.39 Å². The zero-order valence-corrected chi connectivity index (χ0v) is 12.2. The first-order valence-corrected chi connectivity index (χ1v) is 7.95. The Morgan fingerprint density at radius 2 is 2.11 bits per heavy atom. The largest absolute Gasteiger partial charge is 0.311 e. The second-order valence-corrected chi connectivity index (χ2v) is 6.64. The van der Waals surface area contributed by atoms with Crippen molar-refractivity contribution in [2.75, 3.05) is 12.8 Å². The molecular weight excluding hydrogens is 269 g/mol. The molecule has 1 aliphatic rings. The Labute approximate surface area is 117 Å². The van der Waals surface area contributed by atoms with Crippen LogP contribution in [0, 0.1) is 5.82 Å². The number of rotatable bonds is 5. The fourth-order valence-electron chi connectivity index (χ4n) is 2.56. The molecule has 1 N–H and O–H groups in total. The van der Waals surface area contributed by atoms with E-state index in [0.717, 1.165) is 6.54 Å². The third-order valence-corrected chi connectivity index (χ3v) is 5.38. The Morgan fingerprint density at radius 1 is 1.39 bits per heavy atom. The fraction of sp³-hybridized carbons (Fsp3) is 0.571. The molecule has 1 aliphatic carbocycles. The summed E-state index contributed by atoms with van der Waals surface area (Å²) in [4.78, 5) is 0. The molecule has 0 unspecified atom stereocenters. The first kappa shape index (κ1) is 14.2. The zero-order chi connectivity index (χ0) is 13.0. The summed E-state index contributed by atoms with van der Waals surface area (Å²) in [7, 11) is 0. The lowest BCUT2D eigenvalue weighted by molar-refractivity contribution is 0.521. The van der Waals surface area contributed by atoms with Crippen molar-refractivity contribution in [2.45, 2.75) is 37.0 Å². The summed E-state index contributed by atoms with van der Waals surface area (Å²) in [5.74, 6) is -0.223. The molecule has 0 spiro atoms. The summed E-state index contributed by atoms with van der Waals surface area (Å²) in [6, 6.07) is 4.87. The van der Waals surface area contributed by atoms with E-state index in [2.05, 4.69) is 11.6 Å². The van der Waals surface area contributed by atoms with E-state index in [1.165, 1.54) is 31.7 Å².